The fourth-order valence-electron chi connectivity index (χ4n) is 2.59. The highest BCUT2D eigenvalue weighted by Gasteiger charge is 2.33. The van der Waals surface area contributed by atoms with E-state index in [4.69, 9.17) is 4.74 Å². The Morgan fingerprint density at radius 1 is 1.30 bits per heavy atom. The SMILES string of the molecule is COC(C)(C)C(=O)N1CCCC(NC(=O)c2cnccn2)CC1. The molecule has 2 rings (SSSR count). The van der Waals surface area contributed by atoms with Crippen LogP contribution < -0.4 is 5.32 Å². The van der Waals surface area contributed by atoms with Gasteiger partial charge in [0.2, 0.25) is 0 Å². The molecule has 0 saturated carbocycles. The van der Waals surface area contributed by atoms with Gasteiger partial charge in [0.1, 0.15) is 11.3 Å². The molecule has 0 aliphatic carbocycles. The number of methoxy groups -OCH3 is 1. The van der Waals surface area contributed by atoms with Crippen molar-refractivity contribution in [1.82, 2.24) is 20.2 Å². The summed E-state index contributed by atoms with van der Waals surface area (Å²) in [5, 5.41) is 2.98. The number of hydrogen-bond acceptors (Lipinski definition) is 5. The zero-order chi connectivity index (χ0) is 16.9. The maximum Gasteiger partial charge on any atom is 0.271 e. The van der Waals surface area contributed by atoms with Gasteiger partial charge in [-0.15, -0.1) is 0 Å². The quantitative estimate of drug-likeness (QED) is 0.895. The molecule has 1 aromatic rings. The zero-order valence-electron chi connectivity index (χ0n) is 13.9. The van der Waals surface area contributed by atoms with Crippen LogP contribution in [0.1, 0.15) is 43.6 Å². The molecule has 1 saturated heterocycles. The smallest absolute Gasteiger partial charge is 0.271 e. The zero-order valence-corrected chi connectivity index (χ0v) is 13.9. The molecule has 23 heavy (non-hydrogen) atoms. The highest BCUT2D eigenvalue weighted by atomic mass is 16.5. The summed E-state index contributed by atoms with van der Waals surface area (Å²) >= 11 is 0. The minimum absolute atomic E-state index is 0.0131. The molecule has 1 fully saturated rings. The first kappa shape index (κ1) is 17.3. The number of nitrogens with zero attached hydrogens (tertiary/aromatic N) is 3. The van der Waals surface area contributed by atoms with Gasteiger partial charge in [-0.05, 0) is 33.1 Å². The van der Waals surface area contributed by atoms with Crippen LogP contribution in [0, 0.1) is 0 Å². The van der Waals surface area contributed by atoms with Gasteiger partial charge in [0.15, 0.2) is 0 Å². The lowest BCUT2D eigenvalue weighted by molar-refractivity contribution is -0.150. The van der Waals surface area contributed by atoms with Crippen molar-refractivity contribution in [3.05, 3.63) is 24.3 Å². The van der Waals surface area contributed by atoms with Gasteiger partial charge in [0.25, 0.3) is 11.8 Å². The van der Waals surface area contributed by atoms with E-state index < -0.39 is 5.60 Å². The third-order valence-electron chi connectivity index (χ3n) is 4.17. The van der Waals surface area contributed by atoms with Crippen molar-refractivity contribution in [2.24, 2.45) is 0 Å². The maximum absolute atomic E-state index is 12.4. The third-order valence-corrected chi connectivity index (χ3v) is 4.17. The monoisotopic (exact) mass is 320 g/mol. The fourth-order valence-corrected chi connectivity index (χ4v) is 2.59. The molecule has 126 valence electrons. The number of amides is 2. The van der Waals surface area contributed by atoms with Crippen molar-refractivity contribution < 1.29 is 14.3 Å². The normalized spacial score (nSPS) is 19.1. The van der Waals surface area contributed by atoms with Crippen LogP contribution in [0.4, 0.5) is 0 Å². The van der Waals surface area contributed by atoms with E-state index in [2.05, 4.69) is 15.3 Å². The van der Waals surface area contributed by atoms with Crippen molar-refractivity contribution in [1.29, 1.82) is 0 Å². The number of hydrogen-bond donors (Lipinski definition) is 1. The fraction of sp³-hybridized carbons (Fsp3) is 0.625. The molecule has 1 atom stereocenters. The minimum atomic E-state index is -0.817. The third kappa shape index (κ3) is 4.48. The second-order valence-corrected chi connectivity index (χ2v) is 6.20. The summed E-state index contributed by atoms with van der Waals surface area (Å²) in [6.07, 6.45) is 6.87. The van der Waals surface area contributed by atoms with Gasteiger partial charge in [-0.2, -0.15) is 0 Å². The largest absolute Gasteiger partial charge is 0.369 e. The lowest BCUT2D eigenvalue weighted by Crippen LogP contribution is -2.47. The van der Waals surface area contributed by atoms with Crippen molar-refractivity contribution in [3.63, 3.8) is 0 Å². The Kier molecular flexibility index (Phi) is 5.65. The van der Waals surface area contributed by atoms with Crippen LogP contribution in [0.3, 0.4) is 0 Å². The van der Waals surface area contributed by atoms with E-state index in [0.29, 0.717) is 18.8 Å². The molecular weight excluding hydrogens is 296 g/mol. The standard InChI is InChI=1S/C16H24N4O3/c1-16(2,23-3)15(22)20-9-4-5-12(6-10-20)19-14(21)13-11-17-7-8-18-13/h7-8,11-12H,4-6,9-10H2,1-3H3,(H,19,21). The second-order valence-electron chi connectivity index (χ2n) is 6.20. The Balaban J connectivity index is 1.91. The van der Waals surface area contributed by atoms with E-state index in [1.54, 1.807) is 21.0 Å². The summed E-state index contributed by atoms with van der Waals surface area (Å²) in [5.74, 6) is -0.235. The first-order chi connectivity index (χ1) is 10.9. The average Bonchev–Trinajstić information content (AvgIpc) is 2.80. The predicted octanol–water partition coefficient (Wildman–Crippen LogP) is 1.01. The van der Waals surface area contributed by atoms with Gasteiger partial charge < -0.3 is 15.0 Å². The highest BCUT2D eigenvalue weighted by Crippen LogP contribution is 2.17. The highest BCUT2D eigenvalue weighted by molar-refractivity contribution is 5.92. The first-order valence-corrected chi connectivity index (χ1v) is 7.85. The lowest BCUT2D eigenvalue weighted by atomic mass is 10.1. The molecule has 1 aromatic heterocycles. The number of rotatable bonds is 4. The molecule has 1 unspecified atom stereocenters. The molecule has 0 bridgehead atoms. The van der Waals surface area contributed by atoms with E-state index in [0.717, 1.165) is 19.3 Å². The molecule has 0 spiro atoms. The summed E-state index contributed by atoms with van der Waals surface area (Å²) < 4.78 is 5.27. The molecule has 1 N–H and O–H groups in total. The van der Waals surface area contributed by atoms with Gasteiger partial charge >= 0.3 is 0 Å². The number of carbonyl (C=O) groups excluding carboxylic acids is 2. The topological polar surface area (TPSA) is 84.4 Å². The van der Waals surface area contributed by atoms with Crippen LogP contribution >= 0.6 is 0 Å². The Morgan fingerprint density at radius 2 is 2.09 bits per heavy atom. The van der Waals surface area contributed by atoms with E-state index in [-0.39, 0.29) is 17.9 Å². The summed E-state index contributed by atoms with van der Waals surface area (Å²) in [6, 6.07) is 0.0352. The summed E-state index contributed by atoms with van der Waals surface area (Å²) in [7, 11) is 1.54. The van der Waals surface area contributed by atoms with E-state index >= 15 is 0 Å². The molecule has 0 aromatic carbocycles. The first-order valence-electron chi connectivity index (χ1n) is 7.85. The molecule has 1 aliphatic heterocycles. The lowest BCUT2D eigenvalue weighted by Gasteiger charge is -2.30. The van der Waals surface area contributed by atoms with Crippen LogP contribution in [-0.4, -0.2) is 58.5 Å². The van der Waals surface area contributed by atoms with Crippen LogP contribution in [0.2, 0.25) is 0 Å². The van der Waals surface area contributed by atoms with Crippen LogP contribution in [0.5, 0.6) is 0 Å². The van der Waals surface area contributed by atoms with Gasteiger partial charge in [0, 0.05) is 38.6 Å². The van der Waals surface area contributed by atoms with Crippen molar-refractivity contribution in [2.75, 3.05) is 20.2 Å². The van der Waals surface area contributed by atoms with Crippen LogP contribution in [-0.2, 0) is 9.53 Å². The van der Waals surface area contributed by atoms with Gasteiger partial charge in [-0.3, -0.25) is 14.6 Å². The van der Waals surface area contributed by atoms with Crippen molar-refractivity contribution in [3.8, 4) is 0 Å². The number of aromatic nitrogens is 2. The summed E-state index contributed by atoms with van der Waals surface area (Å²) in [5.41, 5.74) is -0.506. The number of likely N-dealkylation sites (tertiary alicyclic amines) is 1. The number of ether oxygens (including phenoxy) is 1. The van der Waals surface area contributed by atoms with E-state index in [1.807, 2.05) is 4.90 Å². The maximum atomic E-state index is 12.4. The molecular formula is C16H24N4O3. The van der Waals surface area contributed by atoms with Gasteiger partial charge in [-0.25, -0.2) is 4.98 Å². The minimum Gasteiger partial charge on any atom is -0.369 e. The summed E-state index contributed by atoms with van der Waals surface area (Å²) in [6.45, 7) is 4.83. The molecule has 7 nitrogen and oxygen atoms in total. The molecule has 1 aliphatic rings. The number of nitrogens with one attached hydrogen (secondary N) is 1. The summed E-state index contributed by atoms with van der Waals surface area (Å²) in [4.78, 5) is 34.3. The van der Waals surface area contributed by atoms with Crippen LogP contribution in [0.15, 0.2) is 18.6 Å². The van der Waals surface area contributed by atoms with E-state index in [9.17, 15) is 9.59 Å². The predicted molar refractivity (Wildman–Crippen MR) is 84.8 cm³/mol. The van der Waals surface area contributed by atoms with Gasteiger partial charge in [-0.1, -0.05) is 0 Å². The Morgan fingerprint density at radius 3 is 2.74 bits per heavy atom. The molecule has 2 heterocycles. The van der Waals surface area contributed by atoms with E-state index in [1.165, 1.54) is 18.6 Å². The number of carbonyl (C=O) groups is 2. The van der Waals surface area contributed by atoms with Gasteiger partial charge in [0.05, 0.1) is 6.20 Å². The Labute approximate surface area is 136 Å². The Hall–Kier alpha value is -2.02. The van der Waals surface area contributed by atoms with Crippen LogP contribution in [0.25, 0.3) is 0 Å². The second kappa shape index (κ2) is 7.50. The molecule has 0 radical (unpaired) electrons. The molecule has 7 heteroatoms. The average molecular weight is 320 g/mol. The van der Waals surface area contributed by atoms with Crippen molar-refractivity contribution in [2.45, 2.75) is 44.8 Å². The Bertz CT molecular complexity index is 548. The van der Waals surface area contributed by atoms with Crippen molar-refractivity contribution >= 4 is 11.8 Å². The molecule has 2 amide bonds.